The number of aliphatic imine (C=N–C) groups is 1. The number of ether oxygens (including phenoxy) is 3. The van der Waals surface area contributed by atoms with Crippen molar-refractivity contribution in [3.8, 4) is 23.1 Å². The molecular weight excluding hydrogens is 352 g/mol. The van der Waals surface area contributed by atoms with Crippen molar-refractivity contribution in [2.24, 2.45) is 10.7 Å². The topological polar surface area (TPSA) is 135 Å². The highest BCUT2D eigenvalue weighted by molar-refractivity contribution is 5.85. The molecule has 0 saturated carbocycles. The van der Waals surface area contributed by atoms with Crippen molar-refractivity contribution in [1.82, 2.24) is 9.97 Å². The van der Waals surface area contributed by atoms with Gasteiger partial charge in [0.1, 0.15) is 18.2 Å². The van der Waals surface area contributed by atoms with Crippen LogP contribution in [0.1, 0.15) is 12.2 Å². The van der Waals surface area contributed by atoms with Gasteiger partial charge in [0.25, 0.3) is 17.2 Å². The summed E-state index contributed by atoms with van der Waals surface area (Å²) in [5.41, 5.74) is 5.80. The van der Waals surface area contributed by atoms with Crippen LogP contribution in [0.2, 0.25) is 0 Å². The maximum atomic E-state index is 12.5. The monoisotopic (exact) mass is 370 g/mol. The molecule has 2 aliphatic heterocycles. The summed E-state index contributed by atoms with van der Waals surface area (Å²) in [6.45, 7) is 0. The van der Waals surface area contributed by atoms with Crippen LogP contribution in [0.15, 0.2) is 40.1 Å². The Labute approximate surface area is 154 Å². The van der Waals surface area contributed by atoms with Gasteiger partial charge in [-0.3, -0.25) is 9.79 Å². The Morgan fingerprint density at radius 1 is 1.33 bits per heavy atom. The Bertz CT molecular complexity index is 984. The number of dihydropyridines is 1. The van der Waals surface area contributed by atoms with Gasteiger partial charge in [-0.15, -0.1) is 0 Å². The zero-order valence-corrected chi connectivity index (χ0v) is 14.5. The molecule has 1 aromatic heterocycles. The fraction of sp³-hybridized carbons (Fsp3) is 0.278. The summed E-state index contributed by atoms with van der Waals surface area (Å²) in [7, 11) is 1.48. The number of rotatable bonds is 5. The van der Waals surface area contributed by atoms with E-state index in [-0.39, 0.29) is 29.9 Å². The number of epoxide rings is 1. The van der Waals surface area contributed by atoms with Crippen LogP contribution in [0.3, 0.4) is 0 Å². The molecule has 140 valence electrons. The van der Waals surface area contributed by atoms with Gasteiger partial charge >= 0.3 is 0 Å². The van der Waals surface area contributed by atoms with E-state index in [2.05, 4.69) is 15.0 Å². The summed E-state index contributed by atoms with van der Waals surface area (Å²) in [5.74, 6) is 0.140. The molecule has 2 aliphatic rings. The van der Waals surface area contributed by atoms with Gasteiger partial charge in [-0.2, -0.15) is 4.98 Å². The third-order valence-corrected chi connectivity index (χ3v) is 4.37. The van der Waals surface area contributed by atoms with Gasteiger partial charge in [-0.05, 0) is 23.8 Å². The fourth-order valence-corrected chi connectivity index (χ4v) is 2.92. The van der Waals surface area contributed by atoms with Gasteiger partial charge in [0.05, 0.1) is 13.2 Å². The van der Waals surface area contributed by atoms with Gasteiger partial charge < -0.3 is 30.0 Å². The smallest absolute Gasteiger partial charge is 0.298 e. The number of nitrogens with one attached hydrogen (secondary N) is 1. The Balaban J connectivity index is 1.60. The summed E-state index contributed by atoms with van der Waals surface area (Å²) in [5, 5.41) is 10.3. The average molecular weight is 370 g/mol. The number of para-hydroxylation sites is 2. The lowest BCUT2D eigenvalue weighted by molar-refractivity contribution is 0.351. The Hall–Kier alpha value is -3.17. The second-order valence-electron chi connectivity index (χ2n) is 6.15. The molecule has 0 bridgehead atoms. The normalized spacial score (nSPS) is 23.6. The van der Waals surface area contributed by atoms with Gasteiger partial charge in [0.2, 0.25) is 0 Å². The van der Waals surface area contributed by atoms with Crippen molar-refractivity contribution in [3.63, 3.8) is 0 Å². The number of aromatic nitrogens is 2. The highest BCUT2D eigenvalue weighted by atomic mass is 16.6. The lowest BCUT2D eigenvalue weighted by atomic mass is 10.0. The number of nitrogens with two attached hydrogens (primary N) is 1. The predicted molar refractivity (Wildman–Crippen MR) is 97.3 cm³/mol. The maximum absolute atomic E-state index is 12.5. The van der Waals surface area contributed by atoms with Crippen molar-refractivity contribution in [1.29, 1.82) is 0 Å². The van der Waals surface area contributed by atoms with Gasteiger partial charge in [0, 0.05) is 12.6 Å². The molecule has 1 aromatic carbocycles. The first-order valence-corrected chi connectivity index (χ1v) is 8.34. The molecule has 27 heavy (non-hydrogen) atoms. The Morgan fingerprint density at radius 3 is 2.74 bits per heavy atom. The molecule has 9 heteroatoms. The summed E-state index contributed by atoms with van der Waals surface area (Å²) in [4.78, 5) is 23.5. The molecule has 9 nitrogen and oxygen atoms in total. The first-order chi connectivity index (χ1) is 13.1. The molecule has 4 rings (SSSR count). The highest BCUT2D eigenvalue weighted by Crippen LogP contribution is 2.34. The van der Waals surface area contributed by atoms with E-state index >= 15 is 0 Å². The molecule has 3 heterocycles. The molecule has 0 radical (unpaired) electrons. The predicted octanol–water partition coefficient (Wildman–Crippen LogP) is 1.19. The number of hydrogen-bond donors (Lipinski definition) is 3. The molecule has 3 atom stereocenters. The van der Waals surface area contributed by atoms with Crippen molar-refractivity contribution >= 4 is 11.8 Å². The average Bonchev–Trinajstić information content (AvgIpc) is 3.41. The van der Waals surface area contributed by atoms with Crippen LogP contribution in [-0.2, 0) is 4.74 Å². The first-order valence-electron chi connectivity index (χ1n) is 8.34. The fourth-order valence-electron chi connectivity index (χ4n) is 2.92. The molecule has 4 N–H and O–H groups in total. The van der Waals surface area contributed by atoms with E-state index in [9.17, 15) is 9.90 Å². The number of benzene rings is 1. The van der Waals surface area contributed by atoms with Crippen LogP contribution in [0.5, 0.6) is 23.1 Å². The van der Waals surface area contributed by atoms with E-state index in [4.69, 9.17) is 19.9 Å². The van der Waals surface area contributed by atoms with Gasteiger partial charge in [-0.1, -0.05) is 12.1 Å². The maximum Gasteiger partial charge on any atom is 0.298 e. The lowest BCUT2D eigenvalue weighted by Crippen LogP contribution is -2.22. The second-order valence-corrected chi connectivity index (χ2v) is 6.15. The minimum Gasteiger partial charge on any atom is -0.493 e. The zero-order valence-electron chi connectivity index (χ0n) is 14.5. The van der Waals surface area contributed by atoms with Crippen LogP contribution in [-0.4, -0.2) is 46.8 Å². The number of methoxy groups -OCH3 is 1. The molecule has 1 fully saturated rings. The van der Waals surface area contributed by atoms with Crippen molar-refractivity contribution < 1.29 is 19.3 Å². The van der Waals surface area contributed by atoms with E-state index in [1.165, 1.54) is 7.11 Å². The van der Waals surface area contributed by atoms with Crippen molar-refractivity contribution in [2.75, 3.05) is 7.11 Å². The lowest BCUT2D eigenvalue weighted by Gasteiger charge is -2.16. The van der Waals surface area contributed by atoms with E-state index in [1.54, 1.807) is 36.6 Å². The largest absolute Gasteiger partial charge is 0.493 e. The molecule has 0 aliphatic carbocycles. The molecule has 1 saturated heterocycles. The van der Waals surface area contributed by atoms with Crippen LogP contribution >= 0.6 is 0 Å². The van der Waals surface area contributed by atoms with Crippen LogP contribution in [0.4, 0.5) is 0 Å². The van der Waals surface area contributed by atoms with E-state index in [1.807, 2.05) is 0 Å². The summed E-state index contributed by atoms with van der Waals surface area (Å²) < 4.78 is 16.0. The second kappa shape index (κ2) is 6.86. The van der Waals surface area contributed by atoms with Gasteiger partial charge in [-0.25, -0.2) is 0 Å². The highest BCUT2D eigenvalue weighted by Gasteiger charge is 2.43. The number of H-pyrrole nitrogens is 1. The van der Waals surface area contributed by atoms with Crippen molar-refractivity contribution in [2.45, 2.75) is 24.8 Å². The summed E-state index contributed by atoms with van der Waals surface area (Å²) >= 11 is 0. The minimum atomic E-state index is -0.609. The molecule has 0 spiro atoms. The number of nitrogens with zero attached hydrogens (tertiary/aromatic N) is 2. The quantitative estimate of drug-likeness (QED) is 0.673. The molecule has 3 unspecified atom stereocenters. The van der Waals surface area contributed by atoms with Gasteiger partial charge in [0.15, 0.2) is 11.5 Å². The molecule has 0 amide bonds. The Morgan fingerprint density at radius 2 is 2.07 bits per heavy atom. The number of aromatic amines is 1. The van der Waals surface area contributed by atoms with Crippen LogP contribution < -0.4 is 20.8 Å². The summed E-state index contributed by atoms with van der Waals surface area (Å²) in [6.07, 6.45) is 3.38. The van der Waals surface area contributed by atoms with Crippen LogP contribution in [0.25, 0.3) is 5.57 Å². The van der Waals surface area contributed by atoms with Crippen LogP contribution in [0, 0.1) is 0 Å². The van der Waals surface area contributed by atoms with Crippen molar-refractivity contribution in [3.05, 3.63) is 46.5 Å². The zero-order chi connectivity index (χ0) is 19.0. The Kier molecular flexibility index (Phi) is 4.38. The minimum absolute atomic E-state index is 0.140. The van der Waals surface area contributed by atoms with E-state index in [0.29, 0.717) is 23.5 Å². The van der Waals surface area contributed by atoms with E-state index < -0.39 is 11.4 Å². The first kappa shape index (κ1) is 17.3. The summed E-state index contributed by atoms with van der Waals surface area (Å²) in [6, 6.07) is 6.65. The number of allylic oxidation sites excluding steroid dienone is 1. The molecule has 2 aromatic rings. The standard InChI is InChI=1S/C18H18N4O5/c1-25-11-4-2-3-5-12(11)26-14-17(23)21-16(22-18(14)24)9-6-7-20-10(8-9)13-15(19)27-13/h2-7,10,13,15H,8,19H2,1H3,(H2,21,22,23,24). The molecular formula is C18H18N4O5. The third-order valence-electron chi connectivity index (χ3n) is 4.37. The number of aromatic hydroxyl groups is 1. The number of hydrogen-bond acceptors (Lipinski definition) is 8. The third kappa shape index (κ3) is 3.42. The SMILES string of the molecule is COc1ccccc1Oc1c(O)nc(C2=CC=NC(C3OC3N)C2)[nH]c1=O. The van der Waals surface area contributed by atoms with E-state index in [0.717, 1.165) is 0 Å².